The van der Waals surface area contributed by atoms with E-state index in [2.05, 4.69) is 64.5 Å². The molecule has 1 aromatic heterocycles. The van der Waals surface area contributed by atoms with Gasteiger partial charge in [-0.05, 0) is 29.3 Å². The van der Waals surface area contributed by atoms with Gasteiger partial charge >= 0.3 is 0 Å². The summed E-state index contributed by atoms with van der Waals surface area (Å²) in [5, 5.41) is 29.8. The number of aromatic amines is 1. The summed E-state index contributed by atoms with van der Waals surface area (Å²) in [6.07, 6.45) is 1.57. The number of aromatic hydroxyl groups is 1. The molecule has 1 saturated heterocycles. The Hall–Kier alpha value is -4.34. The van der Waals surface area contributed by atoms with Gasteiger partial charge in [-0.25, -0.2) is 0 Å². The molecule has 174 valence electrons. The number of H-pyrrole nitrogens is 1. The van der Waals surface area contributed by atoms with E-state index in [0.29, 0.717) is 24.2 Å². The van der Waals surface area contributed by atoms with Crippen molar-refractivity contribution in [2.75, 3.05) is 26.2 Å². The normalized spacial score (nSPS) is 14.9. The highest BCUT2D eigenvalue weighted by Crippen LogP contribution is 2.31. The van der Waals surface area contributed by atoms with Crippen LogP contribution in [0.4, 0.5) is 0 Å². The highest BCUT2D eigenvalue weighted by Gasteiger charge is 2.28. The summed E-state index contributed by atoms with van der Waals surface area (Å²) in [5.74, 6) is 0.278. The van der Waals surface area contributed by atoms with E-state index in [1.165, 1.54) is 11.1 Å². The highest BCUT2D eigenvalue weighted by atomic mass is 16.3. The van der Waals surface area contributed by atoms with Gasteiger partial charge in [-0.3, -0.25) is 10.3 Å². The quantitative estimate of drug-likeness (QED) is 0.217. The highest BCUT2D eigenvalue weighted by molar-refractivity contribution is 6.04. The summed E-state index contributed by atoms with van der Waals surface area (Å²) in [5.41, 5.74) is 3.95. The minimum atomic E-state index is 0.0968. The molecule has 1 aliphatic heterocycles. The SMILES string of the molecule is N#C/C(=C\c1[nH]c2ccccc2c1O)C(=N)N1CCN(C(c2ccccc2)c2ccccc2)CC1. The summed E-state index contributed by atoms with van der Waals surface area (Å²) in [7, 11) is 0. The number of aromatic nitrogens is 1. The van der Waals surface area contributed by atoms with E-state index in [0.717, 1.165) is 18.6 Å². The van der Waals surface area contributed by atoms with Crippen molar-refractivity contribution in [3.05, 3.63) is 107 Å². The third-order valence-electron chi connectivity index (χ3n) is 6.60. The van der Waals surface area contributed by atoms with Crippen molar-refractivity contribution in [2.45, 2.75) is 6.04 Å². The first-order valence-corrected chi connectivity index (χ1v) is 11.7. The molecular formula is C29H27N5O. The van der Waals surface area contributed by atoms with Gasteiger partial charge in [-0.15, -0.1) is 0 Å². The number of piperazine rings is 1. The van der Waals surface area contributed by atoms with Crippen LogP contribution in [0.1, 0.15) is 22.9 Å². The molecule has 5 rings (SSSR count). The van der Waals surface area contributed by atoms with E-state index in [-0.39, 0.29) is 23.2 Å². The van der Waals surface area contributed by atoms with Gasteiger partial charge in [0, 0.05) is 37.1 Å². The first-order valence-electron chi connectivity index (χ1n) is 11.7. The van der Waals surface area contributed by atoms with Gasteiger partial charge in [0.05, 0.1) is 17.3 Å². The molecule has 0 unspecified atom stereocenters. The maximum atomic E-state index is 10.6. The van der Waals surface area contributed by atoms with Crippen molar-refractivity contribution in [3.63, 3.8) is 0 Å². The molecule has 1 aliphatic rings. The van der Waals surface area contributed by atoms with E-state index in [1.807, 2.05) is 41.3 Å². The number of benzene rings is 3. The van der Waals surface area contributed by atoms with Gasteiger partial charge in [-0.2, -0.15) is 5.26 Å². The van der Waals surface area contributed by atoms with Gasteiger partial charge in [-0.1, -0.05) is 72.8 Å². The first kappa shape index (κ1) is 22.5. The Morgan fingerprint density at radius 1 is 0.886 bits per heavy atom. The van der Waals surface area contributed by atoms with E-state index in [4.69, 9.17) is 5.41 Å². The summed E-state index contributed by atoms with van der Waals surface area (Å²) >= 11 is 0. The average molecular weight is 462 g/mol. The van der Waals surface area contributed by atoms with Crippen molar-refractivity contribution < 1.29 is 5.11 Å². The lowest BCUT2D eigenvalue weighted by Gasteiger charge is -2.40. The minimum Gasteiger partial charge on any atom is -0.505 e. The second-order valence-corrected chi connectivity index (χ2v) is 8.70. The lowest BCUT2D eigenvalue weighted by atomic mass is 9.96. The van der Waals surface area contributed by atoms with Crippen molar-refractivity contribution in [2.24, 2.45) is 0 Å². The standard InChI is InChI=1S/C29H27N5O/c30-20-23(19-26-28(35)24-13-7-8-14-25(24)32-26)29(31)34-17-15-33(16-18-34)27(21-9-3-1-4-10-21)22-11-5-2-6-12-22/h1-14,19,27,31-32,35H,15-18H2/b23-19+,31-29?. The second-order valence-electron chi connectivity index (χ2n) is 8.70. The van der Waals surface area contributed by atoms with Gasteiger partial charge in [0.15, 0.2) is 0 Å². The van der Waals surface area contributed by atoms with Crippen LogP contribution in [-0.4, -0.2) is 51.9 Å². The Morgan fingerprint density at radius 3 is 2.03 bits per heavy atom. The van der Waals surface area contributed by atoms with Crippen LogP contribution < -0.4 is 0 Å². The molecule has 0 spiro atoms. The third-order valence-corrected chi connectivity index (χ3v) is 6.60. The zero-order valence-corrected chi connectivity index (χ0v) is 19.4. The molecule has 0 amide bonds. The van der Waals surface area contributed by atoms with E-state index < -0.39 is 0 Å². The summed E-state index contributed by atoms with van der Waals surface area (Å²) in [4.78, 5) is 7.52. The maximum Gasteiger partial charge on any atom is 0.148 e. The van der Waals surface area contributed by atoms with Crippen LogP contribution in [0, 0.1) is 16.7 Å². The molecule has 1 fully saturated rings. The minimum absolute atomic E-state index is 0.0968. The van der Waals surface area contributed by atoms with E-state index in [9.17, 15) is 10.4 Å². The van der Waals surface area contributed by atoms with Crippen molar-refractivity contribution in [1.29, 1.82) is 10.7 Å². The molecule has 0 radical (unpaired) electrons. The second kappa shape index (κ2) is 9.88. The van der Waals surface area contributed by atoms with Crippen molar-refractivity contribution >= 4 is 22.8 Å². The fourth-order valence-electron chi connectivity index (χ4n) is 4.81. The van der Waals surface area contributed by atoms with Crippen LogP contribution >= 0.6 is 0 Å². The molecule has 2 heterocycles. The van der Waals surface area contributed by atoms with Gasteiger partial charge < -0.3 is 15.0 Å². The lowest BCUT2D eigenvalue weighted by Crippen LogP contribution is -2.50. The third kappa shape index (κ3) is 4.54. The molecule has 3 N–H and O–H groups in total. The maximum absolute atomic E-state index is 10.6. The summed E-state index contributed by atoms with van der Waals surface area (Å²) in [6.45, 7) is 2.83. The fraction of sp³-hybridized carbons (Fsp3) is 0.172. The van der Waals surface area contributed by atoms with Crippen molar-refractivity contribution in [1.82, 2.24) is 14.8 Å². The van der Waals surface area contributed by atoms with Crippen LogP contribution in [0.15, 0.2) is 90.5 Å². The molecule has 6 heteroatoms. The predicted octanol–water partition coefficient (Wildman–Crippen LogP) is 5.16. The Labute approximate surface area is 204 Å². The Kier molecular flexibility index (Phi) is 6.34. The van der Waals surface area contributed by atoms with E-state index in [1.54, 1.807) is 6.08 Å². The molecule has 35 heavy (non-hydrogen) atoms. The zero-order valence-electron chi connectivity index (χ0n) is 19.4. The number of nitrogens with one attached hydrogen (secondary N) is 2. The van der Waals surface area contributed by atoms with Crippen LogP contribution in [0.5, 0.6) is 5.75 Å². The number of para-hydroxylation sites is 1. The van der Waals surface area contributed by atoms with Gasteiger partial charge in [0.1, 0.15) is 17.7 Å². The number of amidine groups is 1. The van der Waals surface area contributed by atoms with Gasteiger partial charge in [0.25, 0.3) is 0 Å². The van der Waals surface area contributed by atoms with Crippen LogP contribution in [0.25, 0.3) is 17.0 Å². The zero-order chi connectivity index (χ0) is 24.2. The molecule has 3 aromatic carbocycles. The van der Waals surface area contributed by atoms with Crippen LogP contribution in [0.3, 0.4) is 0 Å². The molecule has 0 atom stereocenters. The smallest absolute Gasteiger partial charge is 0.148 e. The molecule has 0 aliphatic carbocycles. The Morgan fingerprint density at radius 2 is 1.46 bits per heavy atom. The number of hydrogen-bond acceptors (Lipinski definition) is 4. The predicted molar refractivity (Wildman–Crippen MR) is 139 cm³/mol. The number of nitriles is 1. The summed E-state index contributed by atoms with van der Waals surface area (Å²) < 4.78 is 0. The number of nitrogens with zero attached hydrogens (tertiary/aromatic N) is 3. The van der Waals surface area contributed by atoms with Crippen molar-refractivity contribution in [3.8, 4) is 11.8 Å². The van der Waals surface area contributed by atoms with Crippen LogP contribution in [-0.2, 0) is 0 Å². The van der Waals surface area contributed by atoms with Crippen LogP contribution in [0.2, 0.25) is 0 Å². The molecule has 0 saturated carbocycles. The fourth-order valence-corrected chi connectivity index (χ4v) is 4.81. The topological polar surface area (TPSA) is 90.1 Å². The molecular weight excluding hydrogens is 434 g/mol. The lowest BCUT2D eigenvalue weighted by molar-refractivity contribution is 0.150. The average Bonchev–Trinajstić information content (AvgIpc) is 3.24. The monoisotopic (exact) mass is 461 g/mol. The molecule has 6 nitrogen and oxygen atoms in total. The van der Waals surface area contributed by atoms with E-state index >= 15 is 0 Å². The number of hydrogen-bond donors (Lipinski definition) is 3. The summed E-state index contributed by atoms with van der Waals surface area (Å²) in [6, 6.07) is 30.7. The Balaban J connectivity index is 1.34. The van der Waals surface area contributed by atoms with Gasteiger partial charge in [0.2, 0.25) is 0 Å². The largest absolute Gasteiger partial charge is 0.505 e. The first-order chi connectivity index (χ1) is 17.2. The molecule has 4 aromatic rings. The number of fused-ring (bicyclic) bond motifs is 1. The Bertz CT molecular complexity index is 1350. The molecule has 0 bridgehead atoms. The number of rotatable bonds is 5.